The lowest BCUT2D eigenvalue weighted by atomic mass is 10.1. The highest BCUT2D eigenvalue weighted by atomic mass is 16.4. The summed E-state index contributed by atoms with van der Waals surface area (Å²) in [5.74, 6) is -0.824. The standard InChI is InChI=1S/C16H22N2O4/c1-11-7-8-13(10-14(11)19)18-16(22)17-9-5-3-4-6-12(2)15(20)21/h7-8,10,19H,2-6,9H2,1H3,(H,20,21)(H2,17,18,22). The maximum atomic E-state index is 11.6. The molecule has 0 saturated heterocycles. The Labute approximate surface area is 129 Å². The van der Waals surface area contributed by atoms with Crippen molar-refractivity contribution in [1.82, 2.24) is 5.32 Å². The van der Waals surface area contributed by atoms with Gasteiger partial charge >= 0.3 is 12.0 Å². The summed E-state index contributed by atoms with van der Waals surface area (Å²) in [6.45, 7) is 5.74. The molecule has 0 aliphatic heterocycles. The van der Waals surface area contributed by atoms with Crippen LogP contribution in [0.25, 0.3) is 0 Å². The molecule has 0 bridgehead atoms. The molecule has 0 heterocycles. The lowest BCUT2D eigenvalue weighted by molar-refractivity contribution is -0.132. The van der Waals surface area contributed by atoms with Crippen LogP contribution in [0.2, 0.25) is 0 Å². The largest absolute Gasteiger partial charge is 0.508 e. The van der Waals surface area contributed by atoms with Crippen molar-refractivity contribution < 1.29 is 19.8 Å². The first-order chi connectivity index (χ1) is 10.4. The number of aliphatic carboxylic acids is 1. The van der Waals surface area contributed by atoms with E-state index in [0.717, 1.165) is 24.8 Å². The number of rotatable bonds is 8. The van der Waals surface area contributed by atoms with Gasteiger partial charge in [0.2, 0.25) is 0 Å². The zero-order valence-electron chi connectivity index (χ0n) is 12.7. The topological polar surface area (TPSA) is 98.7 Å². The molecule has 22 heavy (non-hydrogen) atoms. The van der Waals surface area contributed by atoms with Gasteiger partial charge in [0.25, 0.3) is 0 Å². The number of anilines is 1. The number of amides is 2. The summed E-state index contributed by atoms with van der Waals surface area (Å²) in [6.07, 6.45) is 2.78. The first-order valence-corrected chi connectivity index (χ1v) is 7.15. The molecular weight excluding hydrogens is 284 g/mol. The highest BCUT2D eigenvalue weighted by Gasteiger charge is 2.04. The predicted molar refractivity (Wildman–Crippen MR) is 85.1 cm³/mol. The van der Waals surface area contributed by atoms with Gasteiger partial charge in [0, 0.05) is 23.9 Å². The number of aromatic hydroxyl groups is 1. The molecule has 6 nitrogen and oxygen atoms in total. The third kappa shape index (κ3) is 6.30. The summed E-state index contributed by atoms with van der Waals surface area (Å²) in [4.78, 5) is 22.2. The third-order valence-corrected chi connectivity index (χ3v) is 3.21. The van der Waals surface area contributed by atoms with Crippen LogP contribution in [-0.4, -0.2) is 28.8 Å². The molecule has 0 aliphatic rings. The Kier molecular flexibility index (Phi) is 6.95. The van der Waals surface area contributed by atoms with E-state index in [1.165, 1.54) is 6.07 Å². The van der Waals surface area contributed by atoms with Crippen molar-refractivity contribution in [1.29, 1.82) is 0 Å². The predicted octanol–water partition coefficient (Wildman–Crippen LogP) is 3.02. The van der Waals surface area contributed by atoms with Gasteiger partial charge in [0.1, 0.15) is 5.75 Å². The van der Waals surface area contributed by atoms with Crippen molar-refractivity contribution in [2.24, 2.45) is 0 Å². The van der Waals surface area contributed by atoms with Gasteiger partial charge in [-0.2, -0.15) is 0 Å². The van der Waals surface area contributed by atoms with Crippen LogP contribution in [0.1, 0.15) is 31.2 Å². The van der Waals surface area contributed by atoms with E-state index in [2.05, 4.69) is 17.2 Å². The molecule has 120 valence electrons. The number of carboxylic acids is 1. The fourth-order valence-electron chi connectivity index (χ4n) is 1.81. The first kappa shape index (κ1) is 17.6. The van der Waals surface area contributed by atoms with E-state index in [0.29, 0.717) is 18.7 Å². The van der Waals surface area contributed by atoms with Crippen LogP contribution < -0.4 is 10.6 Å². The van der Waals surface area contributed by atoms with Gasteiger partial charge in [-0.05, 0) is 37.8 Å². The van der Waals surface area contributed by atoms with E-state index in [4.69, 9.17) is 5.11 Å². The molecule has 0 radical (unpaired) electrons. The van der Waals surface area contributed by atoms with Crippen molar-refractivity contribution in [3.8, 4) is 5.75 Å². The molecule has 0 atom stereocenters. The lowest BCUT2D eigenvalue weighted by Crippen LogP contribution is -2.29. The SMILES string of the molecule is C=C(CCCCCNC(=O)Nc1ccc(C)c(O)c1)C(=O)O. The number of unbranched alkanes of at least 4 members (excludes halogenated alkanes) is 2. The zero-order valence-corrected chi connectivity index (χ0v) is 12.7. The highest BCUT2D eigenvalue weighted by Crippen LogP contribution is 2.20. The molecule has 0 unspecified atom stereocenters. The normalized spacial score (nSPS) is 10.0. The Morgan fingerprint density at radius 2 is 1.95 bits per heavy atom. The number of carbonyl (C=O) groups is 2. The molecule has 1 aromatic rings. The Balaban J connectivity index is 2.17. The van der Waals surface area contributed by atoms with Crippen LogP contribution in [0.4, 0.5) is 10.5 Å². The minimum Gasteiger partial charge on any atom is -0.508 e. The first-order valence-electron chi connectivity index (χ1n) is 7.15. The summed E-state index contributed by atoms with van der Waals surface area (Å²) in [7, 11) is 0. The van der Waals surface area contributed by atoms with Gasteiger partial charge < -0.3 is 20.8 Å². The second-order valence-corrected chi connectivity index (χ2v) is 5.10. The fourth-order valence-corrected chi connectivity index (χ4v) is 1.81. The van der Waals surface area contributed by atoms with E-state index < -0.39 is 5.97 Å². The van der Waals surface area contributed by atoms with E-state index >= 15 is 0 Å². The lowest BCUT2D eigenvalue weighted by Gasteiger charge is -2.08. The molecule has 4 N–H and O–H groups in total. The van der Waals surface area contributed by atoms with Crippen molar-refractivity contribution >= 4 is 17.7 Å². The molecule has 0 fully saturated rings. The maximum absolute atomic E-state index is 11.6. The van der Waals surface area contributed by atoms with Crippen molar-refractivity contribution in [2.75, 3.05) is 11.9 Å². The number of hydrogen-bond donors (Lipinski definition) is 4. The minimum atomic E-state index is -0.959. The molecule has 2 amide bonds. The number of nitrogens with one attached hydrogen (secondary N) is 2. The molecule has 0 spiro atoms. The number of carboxylic acid groups (broad SMARTS) is 1. The van der Waals surface area contributed by atoms with Gasteiger partial charge in [-0.3, -0.25) is 0 Å². The number of phenols is 1. The van der Waals surface area contributed by atoms with E-state index in [1.807, 2.05) is 0 Å². The molecule has 0 aliphatic carbocycles. The van der Waals surface area contributed by atoms with Crippen LogP contribution in [0.15, 0.2) is 30.4 Å². The Morgan fingerprint density at radius 1 is 1.23 bits per heavy atom. The number of benzene rings is 1. The van der Waals surface area contributed by atoms with Gasteiger partial charge in [-0.15, -0.1) is 0 Å². The summed E-state index contributed by atoms with van der Waals surface area (Å²) in [5.41, 5.74) is 1.48. The van der Waals surface area contributed by atoms with Gasteiger partial charge in [0.15, 0.2) is 0 Å². The van der Waals surface area contributed by atoms with Crippen molar-refractivity contribution in [3.05, 3.63) is 35.9 Å². The van der Waals surface area contributed by atoms with E-state index in [1.54, 1.807) is 19.1 Å². The zero-order chi connectivity index (χ0) is 16.5. The summed E-state index contributed by atoms with van der Waals surface area (Å²) >= 11 is 0. The third-order valence-electron chi connectivity index (χ3n) is 3.21. The average Bonchev–Trinajstić information content (AvgIpc) is 2.46. The van der Waals surface area contributed by atoms with E-state index in [9.17, 15) is 14.7 Å². The Hall–Kier alpha value is -2.50. The quantitative estimate of drug-likeness (QED) is 0.438. The molecule has 1 aromatic carbocycles. The van der Waals surface area contributed by atoms with E-state index in [-0.39, 0.29) is 17.4 Å². The summed E-state index contributed by atoms with van der Waals surface area (Å²) < 4.78 is 0. The van der Waals surface area contributed by atoms with Gasteiger partial charge in [-0.1, -0.05) is 19.1 Å². The number of urea groups is 1. The van der Waals surface area contributed by atoms with Crippen LogP contribution in [-0.2, 0) is 4.79 Å². The number of carbonyl (C=O) groups excluding carboxylic acids is 1. The summed E-state index contributed by atoms with van der Waals surface area (Å²) in [6, 6.07) is 4.59. The molecule has 0 aromatic heterocycles. The van der Waals surface area contributed by atoms with Crippen LogP contribution in [0, 0.1) is 6.92 Å². The molecular formula is C16H22N2O4. The number of aryl methyl sites for hydroxylation is 1. The van der Waals surface area contributed by atoms with Gasteiger partial charge in [-0.25, -0.2) is 9.59 Å². The number of hydrogen-bond acceptors (Lipinski definition) is 3. The molecule has 0 saturated carbocycles. The minimum absolute atomic E-state index is 0.136. The van der Waals surface area contributed by atoms with Crippen LogP contribution in [0.5, 0.6) is 5.75 Å². The number of phenolic OH excluding ortho intramolecular Hbond substituents is 1. The second-order valence-electron chi connectivity index (χ2n) is 5.10. The van der Waals surface area contributed by atoms with Crippen LogP contribution in [0.3, 0.4) is 0 Å². The second kappa shape index (κ2) is 8.71. The maximum Gasteiger partial charge on any atom is 0.330 e. The summed E-state index contributed by atoms with van der Waals surface area (Å²) in [5, 5.41) is 23.5. The Bertz CT molecular complexity index is 555. The molecule has 1 rings (SSSR count). The van der Waals surface area contributed by atoms with Crippen molar-refractivity contribution in [3.63, 3.8) is 0 Å². The van der Waals surface area contributed by atoms with Gasteiger partial charge in [0.05, 0.1) is 0 Å². The van der Waals surface area contributed by atoms with Crippen molar-refractivity contribution in [2.45, 2.75) is 32.6 Å². The monoisotopic (exact) mass is 306 g/mol. The average molecular weight is 306 g/mol. The molecule has 6 heteroatoms. The smallest absolute Gasteiger partial charge is 0.330 e. The fraction of sp³-hybridized carbons (Fsp3) is 0.375. The van der Waals surface area contributed by atoms with Crippen LogP contribution >= 0.6 is 0 Å². The Morgan fingerprint density at radius 3 is 2.59 bits per heavy atom. The highest BCUT2D eigenvalue weighted by molar-refractivity contribution is 5.89.